The van der Waals surface area contributed by atoms with Crippen LogP contribution in [0.3, 0.4) is 0 Å². The number of anilines is 1. The third kappa shape index (κ3) is 2.82. The molecule has 1 atom stereocenters. The van der Waals surface area contributed by atoms with Crippen molar-refractivity contribution in [3.8, 4) is 5.75 Å². The molecule has 1 aromatic heterocycles. The highest BCUT2D eigenvalue weighted by molar-refractivity contribution is 7.16. The molecule has 0 fully saturated rings. The maximum Gasteiger partial charge on any atom is 0.339 e. The number of thiophene rings is 1. The number of benzene rings is 1. The summed E-state index contributed by atoms with van der Waals surface area (Å²) in [5.74, 6) is -0.618. The zero-order valence-electron chi connectivity index (χ0n) is 12.9. The van der Waals surface area contributed by atoms with Gasteiger partial charge in [-0.25, -0.2) is 4.79 Å². The Labute approximate surface area is 137 Å². The van der Waals surface area contributed by atoms with Crippen molar-refractivity contribution in [1.82, 2.24) is 0 Å². The van der Waals surface area contributed by atoms with E-state index in [0.29, 0.717) is 23.6 Å². The van der Waals surface area contributed by atoms with Gasteiger partial charge in [0.15, 0.2) is 6.10 Å². The molecule has 0 saturated heterocycles. The molecule has 0 saturated carbocycles. The van der Waals surface area contributed by atoms with Crippen LogP contribution in [0.2, 0.25) is 0 Å². The number of aryl methyl sites for hydroxylation is 1. The smallest absolute Gasteiger partial charge is 0.339 e. The summed E-state index contributed by atoms with van der Waals surface area (Å²) in [6.45, 7) is 3.78. The van der Waals surface area contributed by atoms with Crippen LogP contribution in [0.1, 0.15) is 33.3 Å². The van der Waals surface area contributed by atoms with E-state index in [1.54, 1.807) is 0 Å². The minimum absolute atomic E-state index is 0.193. The van der Waals surface area contributed by atoms with Gasteiger partial charge in [0.05, 0.1) is 5.56 Å². The molecule has 6 heteroatoms. The van der Waals surface area contributed by atoms with Gasteiger partial charge in [0, 0.05) is 11.3 Å². The number of hydrogen-bond acceptors (Lipinski definition) is 4. The molecule has 2 heterocycles. The number of carbonyl (C=O) groups excluding carboxylic acids is 1. The minimum Gasteiger partial charge on any atom is -0.480 e. The van der Waals surface area contributed by atoms with Crippen LogP contribution in [0.15, 0.2) is 24.3 Å². The molecule has 1 amide bonds. The number of amides is 1. The molecular weight excluding hydrogens is 314 g/mol. The zero-order valence-corrected chi connectivity index (χ0v) is 13.7. The second kappa shape index (κ2) is 6.04. The third-order valence-electron chi connectivity index (χ3n) is 3.95. The van der Waals surface area contributed by atoms with Gasteiger partial charge >= 0.3 is 5.97 Å². The number of carboxylic acids is 1. The predicted molar refractivity (Wildman–Crippen MR) is 88.6 cm³/mol. The summed E-state index contributed by atoms with van der Waals surface area (Å²) >= 11 is 1.30. The van der Waals surface area contributed by atoms with Gasteiger partial charge < -0.3 is 15.2 Å². The van der Waals surface area contributed by atoms with Crippen LogP contribution in [0.4, 0.5) is 5.00 Å². The molecule has 1 aliphatic rings. The molecule has 5 nitrogen and oxygen atoms in total. The highest BCUT2D eigenvalue weighted by atomic mass is 32.1. The normalized spacial score (nSPS) is 15.8. The number of hydrogen-bond donors (Lipinski definition) is 2. The molecule has 2 N–H and O–H groups in total. The van der Waals surface area contributed by atoms with E-state index in [0.717, 1.165) is 16.0 Å². The standard InChI is InChI=1S/C17H17NO4S/c1-3-11-9(2)23-16(14(11)17(20)21)18-15(19)13-8-10-6-4-5-7-12(10)22-13/h4-7,13H,3,8H2,1-2H3,(H,18,19)(H,20,21). The van der Waals surface area contributed by atoms with Crippen LogP contribution in [-0.2, 0) is 17.6 Å². The van der Waals surface area contributed by atoms with E-state index in [4.69, 9.17) is 4.74 Å². The number of fused-ring (bicyclic) bond motifs is 1. The van der Waals surface area contributed by atoms with Gasteiger partial charge in [0.25, 0.3) is 5.91 Å². The van der Waals surface area contributed by atoms with E-state index >= 15 is 0 Å². The first kappa shape index (κ1) is 15.6. The topological polar surface area (TPSA) is 75.6 Å². The van der Waals surface area contributed by atoms with Crippen molar-refractivity contribution in [1.29, 1.82) is 0 Å². The van der Waals surface area contributed by atoms with Crippen molar-refractivity contribution in [2.45, 2.75) is 32.8 Å². The number of ether oxygens (including phenoxy) is 1. The number of aromatic carboxylic acids is 1. The van der Waals surface area contributed by atoms with Crippen LogP contribution >= 0.6 is 11.3 Å². The Morgan fingerprint density at radius 2 is 2.13 bits per heavy atom. The molecule has 0 spiro atoms. The number of rotatable bonds is 4. The summed E-state index contributed by atoms with van der Waals surface area (Å²) in [5.41, 5.74) is 1.95. The van der Waals surface area contributed by atoms with Crippen molar-refractivity contribution in [2.24, 2.45) is 0 Å². The molecule has 23 heavy (non-hydrogen) atoms. The summed E-state index contributed by atoms with van der Waals surface area (Å²) in [6, 6.07) is 7.52. The summed E-state index contributed by atoms with van der Waals surface area (Å²) in [7, 11) is 0. The molecule has 120 valence electrons. The average Bonchev–Trinajstić information content (AvgIpc) is 3.07. The molecule has 3 rings (SSSR count). The Morgan fingerprint density at radius 1 is 1.39 bits per heavy atom. The number of nitrogens with one attached hydrogen (secondary N) is 1. The quantitative estimate of drug-likeness (QED) is 0.902. The van der Waals surface area contributed by atoms with Crippen molar-refractivity contribution in [3.05, 3.63) is 45.8 Å². The monoisotopic (exact) mass is 331 g/mol. The van der Waals surface area contributed by atoms with E-state index in [1.807, 2.05) is 38.1 Å². The van der Waals surface area contributed by atoms with Crippen LogP contribution in [0.25, 0.3) is 0 Å². The van der Waals surface area contributed by atoms with Crippen molar-refractivity contribution < 1.29 is 19.4 Å². The lowest BCUT2D eigenvalue weighted by atomic mass is 10.1. The summed E-state index contributed by atoms with van der Waals surface area (Å²) in [6.07, 6.45) is 0.488. The highest BCUT2D eigenvalue weighted by Crippen LogP contribution is 2.34. The van der Waals surface area contributed by atoms with Crippen LogP contribution < -0.4 is 10.1 Å². The lowest BCUT2D eigenvalue weighted by Gasteiger charge is -2.11. The van der Waals surface area contributed by atoms with E-state index < -0.39 is 12.1 Å². The van der Waals surface area contributed by atoms with Crippen LogP contribution in [-0.4, -0.2) is 23.1 Å². The first-order valence-electron chi connectivity index (χ1n) is 7.42. The summed E-state index contributed by atoms with van der Waals surface area (Å²) in [4.78, 5) is 24.9. The largest absolute Gasteiger partial charge is 0.480 e. The second-order valence-corrected chi connectivity index (χ2v) is 6.63. The maximum atomic E-state index is 12.4. The lowest BCUT2D eigenvalue weighted by Crippen LogP contribution is -2.31. The van der Waals surface area contributed by atoms with Crippen molar-refractivity contribution in [3.63, 3.8) is 0 Å². The fraction of sp³-hybridized carbons (Fsp3) is 0.294. The predicted octanol–water partition coefficient (Wildman–Crippen LogP) is 3.26. The Balaban J connectivity index is 1.81. The van der Waals surface area contributed by atoms with Crippen LogP contribution in [0, 0.1) is 6.92 Å². The third-order valence-corrected chi connectivity index (χ3v) is 5.02. The SMILES string of the molecule is CCc1c(C)sc(NC(=O)C2Cc3ccccc3O2)c1C(=O)O. The molecule has 0 aliphatic carbocycles. The maximum absolute atomic E-state index is 12.4. The lowest BCUT2D eigenvalue weighted by molar-refractivity contribution is -0.122. The van der Waals surface area contributed by atoms with Crippen LogP contribution in [0.5, 0.6) is 5.75 Å². The summed E-state index contributed by atoms with van der Waals surface area (Å²) in [5, 5.41) is 12.6. The van der Waals surface area contributed by atoms with Crippen molar-refractivity contribution >= 4 is 28.2 Å². The molecule has 2 aromatic rings. The Bertz CT molecular complexity index is 756. The fourth-order valence-electron chi connectivity index (χ4n) is 2.84. The molecule has 0 bridgehead atoms. The summed E-state index contributed by atoms with van der Waals surface area (Å²) < 4.78 is 5.65. The highest BCUT2D eigenvalue weighted by Gasteiger charge is 2.30. The minimum atomic E-state index is -1.02. The molecule has 1 unspecified atom stereocenters. The van der Waals surface area contributed by atoms with Gasteiger partial charge in [-0.05, 0) is 30.5 Å². The molecule has 1 aliphatic heterocycles. The van der Waals surface area contributed by atoms with Gasteiger partial charge in [-0.3, -0.25) is 4.79 Å². The van der Waals surface area contributed by atoms with E-state index in [1.165, 1.54) is 11.3 Å². The van der Waals surface area contributed by atoms with E-state index in [-0.39, 0.29) is 11.5 Å². The number of para-hydroxylation sites is 1. The zero-order chi connectivity index (χ0) is 16.6. The molecule has 1 aromatic carbocycles. The van der Waals surface area contributed by atoms with E-state index in [9.17, 15) is 14.7 Å². The van der Waals surface area contributed by atoms with Gasteiger partial charge in [-0.15, -0.1) is 11.3 Å². The van der Waals surface area contributed by atoms with Gasteiger partial charge in [-0.1, -0.05) is 25.1 Å². The Hall–Kier alpha value is -2.34. The first-order chi connectivity index (χ1) is 11.0. The molecular formula is C17H17NO4S. The van der Waals surface area contributed by atoms with Gasteiger partial charge in [-0.2, -0.15) is 0 Å². The van der Waals surface area contributed by atoms with Gasteiger partial charge in [0.2, 0.25) is 0 Å². The fourth-order valence-corrected chi connectivity index (χ4v) is 3.98. The second-order valence-electron chi connectivity index (χ2n) is 5.41. The Morgan fingerprint density at radius 3 is 2.78 bits per heavy atom. The first-order valence-corrected chi connectivity index (χ1v) is 8.23. The Kier molecular flexibility index (Phi) is 4.09. The van der Waals surface area contributed by atoms with E-state index in [2.05, 4.69) is 5.32 Å². The van der Waals surface area contributed by atoms with Gasteiger partial charge in [0.1, 0.15) is 10.8 Å². The molecule has 0 radical (unpaired) electrons. The average molecular weight is 331 g/mol. The number of carboxylic acid groups (broad SMARTS) is 1. The number of carbonyl (C=O) groups is 2. The van der Waals surface area contributed by atoms with Crippen molar-refractivity contribution in [2.75, 3.05) is 5.32 Å².